The van der Waals surface area contributed by atoms with Gasteiger partial charge in [-0.15, -0.1) is 0 Å². The number of rotatable bonds is 4. The van der Waals surface area contributed by atoms with E-state index < -0.39 is 0 Å². The first-order valence-corrected chi connectivity index (χ1v) is 8.70. The Labute approximate surface area is 148 Å². The van der Waals surface area contributed by atoms with Crippen molar-refractivity contribution in [3.05, 3.63) is 59.4 Å². The van der Waals surface area contributed by atoms with Crippen molar-refractivity contribution in [2.24, 2.45) is 0 Å². The molecule has 0 fully saturated rings. The van der Waals surface area contributed by atoms with Crippen molar-refractivity contribution in [2.75, 3.05) is 17.2 Å². The highest BCUT2D eigenvalue weighted by atomic mass is 16.5. The number of nitrogens with zero attached hydrogens (tertiary/aromatic N) is 1. The Balaban J connectivity index is 1.97. The largest absolute Gasteiger partial charge is 0.449 e. The number of benzene rings is 2. The SMILES string of the molecule is CCCN1C(=O)/C(=C\c2ccc(C(C)C)cc2)Oc2ccc(N)cc21. The molecule has 2 aromatic carbocycles. The van der Waals surface area contributed by atoms with Crippen molar-refractivity contribution >= 4 is 23.4 Å². The summed E-state index contributed by atoms with van der Waals surface area (Å²) in [6.45, 7) is 6.99. The summed E-state index contributed by atoms with van der Waals surface area (Å²) in [4.78, 5) is 14.6. The van der Waals surface area contributed by atoms with Gasteiger partial charge in [-0.25, -0.2) is 0 Å². The van der Waals surface area contributed by atoms with Crippen LogP contribution < -0.4 is 15.4 Å². The van der Waals surface area contributed by atoms with E-state index in [0.29, 0.717) is 29.7 Å². The smallest absolute Gasteiger partial charge is 0.294 e. The maximum absolute atomic E-state index is 12.9. The molecule has 0 atom stereocenters. The van der Waals surface area contributed by atoms with Gasteiger partial charge in [0.1, 0.15) is 0 Å². The minimum absolute atomic E-state index is 0.132. The van der Waals surface area contributed by atoms with Crippen molar-refractivity contribution in [2.45, 2.75) is 33.1 Å². The van der Waals surface area contributed by atoms with Crippen molar-refractivity contribution in [3.8, 4) is 5.75 Å². The first-order valence-electron chi connectivity index (χ1n) is 8.70. The minimum Gasteiger partial charge on any atom is -0.449 e. The van der Waals surface area contributed by atoms with Crippen LogP contribution in [0.4, 0.5) is 11.4 Å². The molecule has 1 aliphatic rings. The fourth-order valence-electron chi connectivity index (χ4n) is 2.90. The molecular weight excluding hydrogens is 312 g/mol. The number of fused-ring (bicyclic) bond motifs is 1. The highest BCUT2D eigenvalue weighted by Gasteiger charge is 2.29. The second-order valence-electron chi connectivity index (χ2n) is 6.62. The van der Waals surface area contributed by atoms with Crippen molar-refractivity contribution < 1.29 is 9.53 Å². The van der Waals surface area contributed by atoms with E-state index in [2.05, 4.69) is 26.0 Å². The molecule has 130 valence electrons. The molecule has 0 spiro atoms. The van der Waals surface area contributed by atoms with Gasteiger partial charge in [-0.05, 0) is 47.7 Å². The van der Waals surface area contributed by atoms with Gasteiger partial charge in [-0.1, -0.05) is 45.0 Å². The molecule has 0 bridgehead atoms. The zero-order valence-electron chi connectivity index (χ0n) is 15.0. The zero-order valence-corrected chi connectivity index (χ0v) is 15.0. The lowest BCUT2D eigenvalue weighted by Crippen LogP contribution is -2.37. The summed E-state index contributed by atoms with van der Waals surface area (Å²) in [5.74, 6) is 1.34. The number of nitrogens with two attached hydrogens (primary N) is 1. The molecule has 3 rings (SSSR count). The van der Waals surface area contributed by atoms with Gasteiger partial charge in [-0.3, -0.25) is 4.79 Å². The number of ether oxygens (including phenoxy) is 1. The lowest BCUT2D eigenvalue weighted by molar-refractivity contribution is -0.117. The predicted octanol–water partition coefficient (Wildman–Crippen LogP) is 4.57. The Morgan fingerprint density at radius 3 is 2.52 bits per heavy atom. The lowest BCUT2D eigenvalue weighted by atomic mass is 10.0. The van der Waals surface area contributed by atoms with E-state index in [4.69, 9.17) is 10.5 Å². The zero-order chi connectivity index (χ0) is 18.0. The van der Waals surface area contributed by atoms with Crippen LogP contribution >= 0.6 is 0 Å². The van der Waals surface area contributed by atoms with E-state index >= 15 is 0 Å². The molecule has 0 saturated heterocycles. The van der Waals surface area contributed by atoms with Gasteiger partial charge in [0.25, 0.3) is 5.91 Å². The van der Waals surface area contributed by atoms with Gasteiger partial charge in [0.15, 0.2) is 11.5 Å². The van der Waals surface area contributed by atoms with E-state index in [9.17, 15) is 4.79 Å². The highest BCUT2D eigenvalue weighted by Crippen LogP contribution is 2.37. The standard InChI is InChI=1S/C21H24N2O2/c1-4-11-23-18-13-17(22)9-10-19(18)25-20(21(23)24)12-15-5-7-16(8-6-15)14(2)3/h5-10,12-14H,4,11,22H2,1-3H3/b20-12+. The summed E-state index contributed by atoms with van der Waals surface area (Å²) >= 11 is 0. The van der Waals surface area contributed by atoms with Crippen LogP contribution in [-0.4, -0.2) is 12.5 Å². The van der Waals surface area contributed by atoms with E-state index in [1.807, 2.05) is 25.1 Å². The Kier molecular flexibility index (Phi) is 4.79. The van der Waals surface area contributed by atoms with Crippen molar-refractivity contribution in [1.82, 2.24) is 0 Å². The summed E-state index contributed by atoms with van der Waals surface area (Å²) in [7, 11) is 0. The maximum Gasteiger partial charge on any atom is 0.294 e. The van der Waals surface area contributed by atoms with Crippen LogP contribution in [0.3, 0.4) is 0 Å². The quantitative estimate of drug-likeness (QED) is 0.657. The van der Waals surface area contributed by atoms with E-state index in [1.54, 1.807) is 23.1 Å². The van der Waals surface area contributed by atoms with Crippen LogP contribution in [0.2, 0.25) is 0 Å². The minimum atomic E-state index is -0.132. The van der Waals surface area contributed by atoms with E-state index in [1.165, 1.54) is 5.56 Å². The average molecular weight is 336 g/mol. The summed E-state index contributed by atoms with van der Waals surface area (Å²) in [5.41, 5.74) is 9.45. The number of nitrogen functional groups attached to an aromatic ring is 1. The van der Waals surface area contributed by atoms with Gasteiger partial charge >= 0.3 is 0 Å². The van der Waals surface area contributed by atoms with Crippen LogP contribution in [0, 0.1) is 0 Å². The van der Waals surface area contributed by atoms with Crippen molar-refractivity contribution in [3.63, 3.8) is 0 Å². The maximum atomic E-state index is 12.9. The molecular formula is C21H24N2O2. The molecule has 0 saturated carbocycles. The summed E-state index contributed by atoms with van der Waals surface area (Å²) in [6, 6.07) is 13.6. The van der Waals surface area contributed by atoms with Crippen LogP contribution in [0.1, 0.15) is 44.2 Å². The first kappa shape index (κ1) is 17.1. The predicted molar refractivity (Wildman–Crippen MR) is 103 cm³/mol. The molecule has 1 heterocycles. The van der Waals surface area contributed by atoms with Gasteiger partial charge in [-0.2, -0.15) is 0 Å². The van der Waals surface area contributed by atoms with Crippen LogP contribution in [0.5, 0.6) is 5.75 Å². The number of carbonyl (C=O) groups excluding carboxylic acids is 1. The van der Waals surface area contributed by atoms with Gasteiger partial charge in [0.05, 0.1) is 5.69 Å². The average Bonchev–Trinajstić information content (AvgIpc) is 2.59. The second kappa shape index (κ2) is 7.01. The van der Waals surface area contributed by atoms with Crippen LogP contribution in [0.15, 0.2) is 48.2 Å². The van der Waals surface area contributed by atoms with E-state index in [-0.39, 0.29) is 5.91 Å². The molecule has 1 amide bonds. The van der Waals surface area contributed by atoms with Crippen LogP contribution in [-0.2, 0) is 4.79 Å². The fraction of sp³-hybridized carbons (Fsp3) is 0.286. The third-order valence-electron chi connectivity index (χ3n) is 4.30. The molecule has 4 nitrogen and oxygen atoms in total. The van der Waals surface area contributed by atoms with Gasteiger partial charge in [0, 0.05) is 12.2 Å². The molecule has 2 aromatic rings. The molecule has 25 heavy (non-hydrogen) atoms. The topological polar surface area (TPSA) is 55.6 Å². The number of hydrogen-bond acceptors (Lipinski definition) is 3. The molecule has 4 heteroatoms. The fourth-order valence-corrected chi connectivity index (χ4v) is 2.90. The Morgan fingerprint density at radius 2 is 1.88 bits per heavy atom. The third-order valence-corrected chi connectivity index (χ3v) is 4.30. The second-order valence-corrected chi connectivity index (χ2v) is 6.62. The van der Waals surface area contributed by atoms with Crippen molar-refractivity contribution in [1.29, 1.82) is 0 Å². The summed E-state index contributed by atoms with van der Waals surface area (Å²) in [6.07, 6.45) is 2.66. The number of anilines is 2. The monoisotopic (exact) mass is 336 g/mol. The number of carbonyl (C=O) groups is 1. The first-order chi connectivity index (χ1) is 12.0. The molecule has 0 aliphatic carbocycles. The Morgan fingerprint density at radius 1 is 1.16 bits per heavy atom. The lowest BCUT2D eigenvalue weighted by Gasteiger charge is -2.30. The number of hydrogen-bond donors (Lipinski definition) is 1. The van der Waals surface area contributed by atoms with E-state index in [0.717, 1.165) is 17.7 Å². The summed E-state index contributed by atoms with van der Waals surface area (Å²) in [5, 5.41) is 0. The van der Waals surface area contributed by atoms with Gasteiger partial charge in [0.2, 0.25) is 0 Å². The number of amides is 1. The Hall–Kier alpha value is -2.75. The summed E-state index contributed by atoms with van der Waals surface area (Å²) < 4.78 is 5.87. The van der Waals surface area contributed by atoms with Gasteiger partial charge < -0.3 is 15.4 Å². The highest BCUT2D eigenvalue weighted by molar-refractivity contribution is 6.10. The molecule has 0 radical (unpaired) electrons. The molecule has 1 aliphatic heterocycles. The molecule has 2 N–H and O–H groups in total. The normalized spacial score (nSPS) is 15.4. The molecule has 0 unspecified atom stereocenters. The molecule has 0 aromatic heterocycles. The Bertz CT molecular complexity index is 807. The third kappa shape index (κ3) is 3.53. The van der Waals surface area contributed by atoms with Crippen LogP contribution in [0.25, 0.3) is 6.08 Å².